The van der Waals surface area contributed by atoms with Crippen LogP contribution in [-0.2, 0) is 4.79 Å². The minimum absolute atomic E-state index is 0.260. The van der Waals surface area contributed by atoms with E-state index in [-0.39, 0.29) is 5.91 Å². The highest BCUT2D eigenvalue weighted by Gasteiger charge is 2.18. The zero-order valence-corrected chi connectivity index (χ0v) is 15.1. The van der Waals surface area contributed by atoms with Gasteiger partial charge in [0.05, 0.1) is 10.8 Å². The van der Waals surface area contributed by atoms with Crippen LogP contribution in [0.5, 0.6) is 0 Å². The topological polar surface area (TPSA) is 114 Å². The van der Waals surface area contributed by atoms with E-state index in [1.54, 1.807) is 37.3 Å². The molecule has 0 aliphatic carbocycles. The van der Waals surface area contributed by atoms with E-state index in [9.17, 15) is 14.0 Å². The van der Waals surface area contributed by atoms with E-state index in [1.165, 1.54) is 18.2 Å². The number of aromatic amines is 1. The van der Waals surface area contributed by atoms with Crippen molar-refractivity contribution < 1.29 is 14.0 Å². The summed E-state index contributed by atoms with van der Waals surface area (Å²) in [6, 6.07) is 12.5. The number of H-pyrrole nitrogens is 1. The van der Waals surface area contributed by atoms with Gasteiger partial charge in [-0.05, 0) is 43.3 Å². The second kappa shape index (κ2) is 8.00. The number of primary amides is 1. The zero-order chi connectivity index (χ0) is 19.4. The van der Waals surface area contributed by atoms with Crippen LogP contribution >= 0.6 is 11.8 Å². The van der Waals surface area contributed by atoms with Crippen molar-refractivity contribution in [3.63, 3.8) is 0 Å². The molecule has 27 heavy (non-hydrogen) atoms. The number of rotatable bonds is 6. The molecule has 1 atom stereocenters. The summed E-state index contributed by atoms with van der Waals surface area (Å²) in [4.78, 5) is 27.6. The molecule has 3 aromatic rings. The minimum Gasteiger partial charge on any atom is -0.366 e. The van der Waals surface area contributed by atoms with Crippen molar-refractivity contribution in [3.8, 4) is 11.4 Å². The number of carbonyl (C=O) groups is 2. The fourth-order valence-electron chi connectivity index (χ4n) is 2.25. The summed E-state index contributed by atoms with van der Waals surface area (Å²) in [5, 5.41) is 9.28. The number of hydrogen-bond acceptors (Lipinski definition) is 5. The second-order valence-corrected chi connectivity index (χ2v) is 6.95. The van der Waals surface area contributed by atoms with E-state index < -0.39 is 17.0 Å². The van der Waals surface area contributed by atoms with Crippen LogP contribution in [0.15, 0.2) is 53.7 Å². The Hall–Kier alpha value is -3.20. The van der Waals surface area contributed by atoms with Gasteiger partial charge in [0.1, 0.15) is 5.82 Å². The van der Waals surface area contributed by atoms with Gasteiger partial charge in [-0.2, -0.15) is 0 Å². The Kier molecular flexibility index (Phi) is 5.51. The van der Waals surface area contributed by atoms with Crippen molar-refractivity contribution in [2.45, 2.75) is 17.3 Å². The largest absolute Gasteiger partial charge is 0.366 e. The van der Waals surface area contributed by atoms with Crippen molar-refractivity contribution in [2.24, 2.45) is 5.73 Å². The van der Waals surface area contributed by atoms with Gasteiger partial charge in [0.15, 0.2) is 5.82 Å². The first kappa shape index (κ1) is 18.6. The van der Waals surface area contributed by atoms with Crippen LogP contribution in [0.25, 0.3) is 11.4 Å². The van der Waals surface area contributed by atoms with Crippen LogP contribution in [-0.4, -0.2) is 32.2 Å². The molecule has 0 aliphatic rings. The van der Waals surface area contributed by atoms with Gasteiger partial charge in [0, 0.05) is 11.3 Å². The smallest absolute Gasteiger partial charge is 0.248 e. The maximum Gasteiger partial charge on any atom is 0.248 e. The number of aromatic nitrogens is 3. The average Bonchev–Trinajstić information content (AvgIpc) is 3.10. The molecule has 0 aliphatic heterocycles. The number of hydrogen-bond donors (Lipinski definition) is 3. The first-order valence-electron chi connectivity index (χ1n) is 7.98. The summed E-state index contributed by atoms with van der Waals surface area (Å²) in [5.74, 6) is -0.906. The molecular formula is C18H16FN5O2S. The molecule has 0 radical (unpaired) electrons. The van der Waals surface area contributed by atoms with E-state index >= 15 is 0 Å². The van der Waals surface area contributed by atoms with E-state index in [1.807, 2.05) is 0 Å². The highest BCUT2D eigenvalue weighted by molar-refractivity contribution is 8.00. The minimum atomic E-state index is -0.535. The zero-order valence-electron chi connectivity index (χ0n) is 14.3. The molecule has 0 saturated heterocycles. The van der Waals surface area contributed by atoms with E-state index in [0.29, 0.717) is 27.8 Å². The normalized spacial score (nSPS) is 11.8. The molecule has 0 fully saturated rings. The maximum atomic E-state index is 13.8. The number of carbonyl (C=O) groups excluding carboxylic acids is 2. The predicted octanol–water partition coefficient (Wildman–Crippen LogP) is 2.83. The molecule has 7 nitrogen and oxygen atoms in total. The average molecular weight is 385 g/mol. The first-order valence-corrected chi connectivity index (χ1v) is 8.86. The first-order chi connectivity index (χ1) is 12.9. The molecule has 3 rings (SSSR count). The van der Waals surface area contributed by atoms with E-state index in [2.05, 4.69) is 20.5 Å². The molecule has 1 aromatic heterocycles. The summed E-state index contributed by atoms with van der Waals surface area (Å²) < 4.78 is 13.8. The fourth-order valence-corrected chi connectivity index (χ4v) is 2.97. The van der Waals surface area contributed by atoms with Crippen LogP contribution < -0.4 is 11.1 Å². The maximum absolute atomic E-state index is 13.8. The highest BCUT2D eigenvalue weighted by Crippen LogP contribution is 2.24. The number of benzene rings is 2. The lowest BCUT2D eigenvalue weighted by Crippen LogP contribution is -2.22. The quantitative estimate of drug-likeness (QED) is 0.565. The van der Waals surface area contributed by atoms with Gasteiger partial charge in [-0.3, -0.25) is 14.7 Å². The monoisotopic (exact) mass is 385 g/mol. The van der Waals surface area contributed by atoms with Crippen LogP contribution in [0.1, 0.15) is 17.3 Å². The molecule has 0 saturated carbocycles. The van der Waals surface area contributed by atoms with Crippen LogP contribution in [0, 0.1) is 5.82 Å². The standard InChI is InChI=1S/C18H16FN5O2S/c1-10(17(26)21-12-8-6-11(7-9-12)15(20)25)27-18-22-16(23-24-18)13-4-2-3-5-14(13)19/h2-10H,1H3,(H2,20,25)(H,21,26)(H,22,23,24)/t10-/m0/s1. The van der Waals surface area contributed by atoms with Gasteiger partial charge in [-0.15, -0.1) is 5.10 Å². The van der Waals surface area contributed by atoms with Crippen LogP contribution in [0.3, 0.4) is 0 Å². The molecule has 2 aromatic carbocycles. The lowest BCUT2D eigenvalue weighted by Gasteiger charge is -2.10. The van der Waals surface area contributed by atoms with Crippen molar-refractivity contribution in [2.75, 3.05) is 5.32 Å². The van der Waals surface area contributed by atoms with Crippen molar-refractivity contribution in [1.82, 2.24) is 15.2 Å². The lowest BCUT2D eigenvalue weighted by atomic mass is 10.2. The number of nitrogens with two attached hydrogens (primary N) is 1. The van der Waals surface area contributed by atoms with Crippen molar-refractivity contribution >= 4 is 29.3 Å². The van der Waals surface area contributed by atoms with Gasteiger partial charge in [-0.1, -0.05) is 23.9 Å². The molecule has 0 bridgehead atoms. The molecular weight excluding hydrogens is 369 g/mol. The Morgan fingerprint density at radius 3 is 2.56 bits per heavy atom. The number of anilines is 1. The fraction of sp³-hybridized carbons (Fsp3) is 0.111. The Morgan fingerprint density at radius 2 is 1.89 bits per heavy atom. The Bertz CT molecular complexity index is 974. The van der Waals surface area contributed by atoms with Gasteiger partial charge >= 0.3 is 0 Å². The molecule has 9 heteroatoms. The predicted molar refractivity (Wildman–Crippen MR) is 101 cm³/mol. The van der Waals surface area contributed by atoms with Crippen LogP contribution in [0.2, 0.25) is 0 Å². The van der Waals surface area contributed by atoms with Gasteiger partial charge < -0.3 is 11.1 Å². The van der Waals surface area contributed by atoms with Gasteiger partial charge in [-0.25, -0.2) is 9.37 Å². The molecule has 0 unspecified atom stereocenters. The van der Waals surface area contributed by atoms with Gasteiger partial charge in [0.2, 0.25) is 17.0 Å². The number of thioether (sulfide) groups is 1. The molecule has 2 amide bonds. The molecule has 1 heterocycles. The number of halogens is 1. The third kappa shape index (κ3) is 4.50. The summed E-state index contributed by atoms with van der Waals surface area (Å²) >= 11 is 1.14. The second-order valence-electron chi connectivity index (χ2n) is 5.64. The van der Waals surface area contributed by atoms with Crippen molar-refractivity contribution in [3.05, 3.63) is 59.9 Å². The summed E-state index contributed by atoms with van der Waals surface area (Å²) in [7, 11) is 0. The van der Waals surface area contributed by atoms with E-state index in [0.717, 1.165) is 11.8 Å². The van der Waals surface area contributed by atoms with Gasteiger partial charge in [0.25, 0.3) is 0 Å². The van der Waals surface area contributed by atoms with E-state index in [4.69, 9.17) is 5.73 Å². The Labute approximate surface area is 158 Å². The molecule has 0 spiro atoms. The highest BCUT2D eigenvalue weighted by atomic mass is 32.2. The summed E-state index contributed by atoms with van der Waals surface area (Å²) in [6.45, 7) is 1.71. The molecule has 138 valence electrons. The van der Waals surface area contributed by atoms with Crippen molar-refractivity contribution in [1.29, 1.82) is 0 Å². The summed E-state index contributed by atoms with van der Waals surface area (Å²) in [6.07, 6.45) is 0. The lowest BCUT2D eigenvalue weighted by molar-refractivity contribution is -0.115. The van der Waals surface area contributed by atoms with Crippen LogP contribution in [0.4, 0.5) is 10.1 Å². The molecule has 4 N–H and O–H groups in total. The summed E-state index contributed by atoms with van der Waals surface area (Å²) in [5.41, 5.74) is 6.39. The third-order valence-corrected chi connectivity index (χ3v) is 4.64. The number of nitrogens with zero attached hydrogens (tertiary/aromatic N) is 2. The SMILES string of the molecule is C[C@H](Sc1n[nH]c(-c2ccccc2F)n1)C(=O)Nc1ccc(C(N)=O)cc1. The number of nitrogens with one attached hydrogen (secondary N) is 2. The number of amides is 2. The third-order valence-electron chi connectivity index (χ3n) is 3.68. The Balaban J connectivity index is 1.63. The Morgan fingerprint density at radius 1 is 1.19 bits per heavy atom.